The molecule has 1 N–H and O–H groups in total. The number of carbonyl (C=O) groups excluding carboxylic acids is 1. The second-order valence-corrected chi connectivity index (χ2v) is 4.65. The molecule has 0 saturated carbocycles. The summed E-state index contributed by atoms with van der Waals surface area (Å²) in [5.41, 5.74) is 1.99. The van der Waals surface area contributed by atoms with E-state index in [1.54, 1.807) is 18.2 Å². The lowest BCUT2D eigenvalue weighted by atomic mass is 10.0. The predicted molar refractivity (Wildman–Crippen MR) is 81.2 cm³/mol. The lowest BCUT2D eigenvalue weighted by molar-refractivity contribution is -0.117. The Kier molecular flexibility index (Phi) is 4.57. The maximum Gasteiger partial charge on any atom is 0.231 e. The molecular formula is C17H16N2O2. The quantitative estimate of drug-likeness (QED) is 0.934. The third-order valence-electron chi connectivity index (χ3n) is 3.28. The predicted octanol–water partition coefficient (Wildman–Crippen LogP) is 3.31. The highest BCUT2D eigenvalue weighted by molar-refractivity contribution is 5.96. The van der Waals surface area contributed by atoms with E-state index in [4.69, 9.17) is 10.00 Å². The summed E-state index contributed by atoms with van der Waals surface area (Å²) in [7, 11) is 1.51. The van der Waals surface area contributed by atoms with Crippen LogP contribution in [0.1, 0.15) is 24.0 Å². The Morgan fingerprint density at radius 1 is 1.24 bits per heavy atom. The van der Waals surface area contributed by atoms with E-state index in [2.05, 4.69) is 5.32 Å². The molecule has 0 aliphatic heterocycles. The number of anilines is 1. The van der Waals surface area contributed by atoms with Gasteiger partial charge in [-0.1, -0.05) is 30.3 Å². The molecule has 1 unspecified atom stereocenters. The Hall–Kier alpha value is -2.80. The molecule has 0 aliphatic carbocycles. The molecule has 0 aromatic heterocycles. The summed E-state index contributed by atoms with van der Waals surface area (Å²) in [4.78, 5) is 12.3. The molecule has 1 atom stereocenters. The molecule has 2 rings (SSSR count). The zero-order valence-electron chi connectivity index (χ0n) is 12.0. The maximum absolute atomic E-state index is 12.3. The Morgan fingerprint density at radius 2 is 1.95 bits per heavy atom. The fourth-order valence-electron chi connectivity index (χ4n) is 2.00. The molecule has 0 aliphatic rings. The highest BCUT2D eigenvalue weighted by Gasteiger charge is 2.16. The molecule has 1 amide bonds. The molecule has 0 saturated heterocycles. The standard InChI is InChI=1S/C17H16N2O2/c1-12(14-6-4-3-5-7-14)17(20)19-15-9-8-13(11-18)10-16(15)21-2/h3-10,12H,1-2H3,(H,19,20). The Labute approximate surface area is 124 Å². The van der Waals surface area contributed by atoms with Crippen LogP contribution in [0.3, 0.4) is 0 Å². The first-order valence-corrected chi connectivity index (χ1v) is 6.59. The van der Waals surface area contributed by atoms with Gasteiger partial charge in [0, 0.05) is 6.07 Å². The average Bonchev–Trinajstić information content (AvgIpc) is 2.55. The summed E-state index contributed by atoms with van der Waals surface area (Å²) in [6, 6.07) is 16.5. The van der Waals surface area contributed by atoms with E-state index in [1.165, 1.54) is 7.11 Å². The summed E-state index contributed by atoms with van der Waals surface area (Å²) in [5, 5.41) is 11.7. The fourth-order valence-corrected chi connectivity index (χ4v) is 2.00. The molecule has 21 heavy (non-hydrogen) atoms. The fraction of sp³-hybridized carbons (Fsp3) is 0.176. The third-order valence-corrected chi connectivity index (χ3v) is 3.28. The van der Waals surface area contributed by atoms with Crippen molar-refractivity contribution < 1.29 is 9.53 Å². The van der Waals surface area contributed by atoms with Crippen LogP contribution in [0.15, 0.2) is 48.5 Å². The summed E-state index contributed by atoms with van der Waals surface area (Å²) in [6.45, 7) is 1.85. The lowest BCUT2D eigenvalue weighted by Gasteiger charge is -2.14. The molecule has 0 fully saturated rings. The summed E-state index contributed by atoms with van der Waals surface area (Å²) in [6.07, 6.45) is 0. The van der Waals surface area contributed by atoms with Crippen molar-refractivity contribution in [2.75, 3.05) is 12.4 Å². The van der Waals surface area contributed by atoms with Crippen molar-refractivity contribution in [1.82, 2.24) is 0 Å². The Morgan fingerprint density at radius 3 is 2.57 bits per heavy atom. The zero-order valence-corrected chi connectivity index (χ0v) is 12.0. The number of hydrogen-bond donors (Lipinski definition) is 1. The van der Waals surface area contributed by atoms with Gasteiger partial charge < -0.3 is 10.1 Å². The first-order valence-electron chi connectivity index (χ1n) is 6.59. The van der Waals surface area contributed by atoms with Crippen LogP contribution < -0.4 is 10.1 Å². The minimum absolute atomic E-state index is 0.121. The van der Waals surface area contributed by atoms with Crippen LogP contribution in [0.5, 0.6) is 5.75 Å². The van der Waals surface area contributed by atoms with Crippen molar-refractivity contribution in [2.45, 2.75) is 12.8 Å². The number of benzene rings is 2. The molecule has 0 bridgehead atoms. The van der Waals surface area contributed by atoms with E-state index in [9.17, 15) is 4.79 Å². The highest BCUT2D eigenvalue weighted by atomic mass is 16.5. The smallest absolute Gasteiger partial charge is 0.231 e. The molecule has 4 heteroatoms. The summed E-state index contributed by atoms with van der Waals surface area (Å²) < 4.78 is 5.21. The number of nitrogens with one attached hydrogen (secondary N) is 1. The van der Waals surface area contributed by atoms with Gasteiger partial charge >= 0.3 is 0 Å². The largest absolute Gasteiger partial charge is 0.495 e. The van der Waals surface area contributed by atoms with Crippen molar-refractivity contribution in [1.29, 1.82) is 5.26 Å². The second-order valence-electron chi connectivity index (χ2n) is 4.65. The Balaban J connectivity index is 2.18. The average molecular weight is 280 g/mol. The van der Waals surface area contributed by atoms with E-state index in [0.717, 1.165) is 5.56 Å². The van der Waals surface area contributed by atoms with Gasteiger partial charge in [-0.3, -0.25) is 4.79 Å². The van der Waals surface area contributed by atoms with Gasteiger partial charge in [-0.2, -0.15) is 5.26 Å². The number of amides is 1. The first kappa shape index (κ1) is 14.6. The third kappa shape index (κ3) is 3.40. The monoisotopic (exact) mass is 280 g/mol. The van der Waals surface area contributed by atoms with Crippen LogP contribution in [-0.2, 0) is 4.79 Å². The van der Waals surface area contributed by atoms with E-state index >= 15 is 0 Å². The van der Waals surface area contributed by atoms with E-state index in [-0.39, 0.29) is 11.8 Å². The van der Waals surface area contributed by atoms with Gasteiger partial charge in [0.25, 0.3) is 0 Å². The molecule has 0 radical (unpaired) electrons. The van der Waals surface area contributed by atoms with Crippen molar-refractivity contribution in [3.05, 3.63) is 59.7 Å². The number of ether oxygens (including phenoxy) is 1. The zero-order chi connectivity index (χ0) is 15.2. The van der Waals surface area contributed by atoms with Crippen LogP contribution in [-0.4, -0.2) is 13.0 Å². The van der Waals surface area contributed by atoms with E-state index in [0.29, 0.717) is 17.0 Å². The summed E-state index contributed by atoms with van der Waals surface area (Å²) >= 11 is 0. The van der Waals surface area contributed by atoms with Gasteiger partial charge in [-0.25, -0.2) is 0 Å². The minimum Gasteiger partial charge on any atom is -0.495 e. The second kappa shape index (κ2) is 6.58. The van der Waals surface area contributed by atoms with Gasteiger partial charge in [0.05, 0.1) is 30.3 Å². The highest BCUT2D eigenvalue weighted by Crippen LogP contribution is 2.27. The maximum atomic E-state index is 12.3. The minimum atomic E-state index is -0.272. The van der Waals surface area contributed by atoms with Crippen LogP contribution in [0.25, 0.3) is 0 Å². The van der Waals surface area contributed by atoms with Crippen LogP contribution in [0.2, 0.25) is 0 Å². The van der Waals surface area contributed by atoms with Gasteiger partial charge in [-0.05, 0) is 24.6 Å². The molecular weight excluding hydrogens is 264 g/mol. The summed E-state index contributed by atoms with van der Waals surface area (Å²) in [5.74, 6) is 0.0819. The lowest BCUT2D eigenvalue weighted by Crippen LogP contribution is -2.19. The van der Waals surface area contributed by atoms with E-state index in [1.807, 2.05) is 43.3 Å². The van der Waals surface area contributed by atoms with Crippen molar-refractivity contribution in [2.24, 2.45) is 0 Å². The number of nitrogens with zero attached hydrogens (tertiary/aromatic N) is 1. The molecule has 0 heterocycles. The van der Waals surface area contributed by atoms with E-state index < -0.39 is 0 Å². The van der Waals surface area contributed by atoms with Crippen molar-refractivity contribution in [3.63, 3.8) is 0 Å². The van der Waals surface area contributed by atoms with Gasteiger partial charge in [-0.15, -0.1) is 0 Å². The topological polar surface area (TPSA) is 62.1 Å². The molecule has 0 spiro atoms. The number of rotatable bonds is 4. The molecule has 2 aromatic rings. The van der Waals surface area contributed by atoms with Crippen LogP contribution in [0.4, 0.5) is 5.69 Å². The number of methoxy groups -OCH3 is 1. The van der Waals surface area contributed by atoms with Gasteiger partial charge in [0.15, 0.2) is 0 Å². The number of nitriles is 1. The number of hydrogen-bond acceptors (Lipinski definition) is 3. The van der Waals surface area contributed by atoms with Crippen molar-refractivity contribution in [3.8, 4) is 11.8 Å². The molecule has 2 aromatic carbocycles. The van der Waals surface area contributed by atoms with Crippen LogP contribution >= 0.6 is 0 Å². The Bertz CT molecular complexity index is 675. The van der Waals surface area contributed by atoms with Gasteiger partial charge in [0.2, 0.25) is 5.91 Å². The molecule has 4 nitrogen and oxygen atoms in total. The first-order chi connectivity index (χ1) is 10.2. The van der Waals surface area contributed by atoms with Crippen LogP contribution in [0, 0.1) is 11.3 Å². The molecule has 106 valence electrons. The normalized spacial score (nSPS) is 11.3. The van der Waals surface area contributed by atoms with Gasteiger partial charge in [0.1, 0.15) is 5.75 Å². The number of carbonyl (C=O) groups is 1. The SMILES string of the molecule is COc1cc(C#N)ccc1NC(=O)C(C)c1ccccc1. The van der Waals surface area contributed by atoms with Crippen molar-refractivity contribution >= 4 is 11.6 Å².